The van der Waals surface area contributed by atoms with Crippen molar-refractivity contribution in [2.75, 3.05) is 0 Å². The summed E-state index contributed by atoms with van der Waals surface area (Å²) in [6.07, 6.45) is 5.23. The van der Waals surface area contributed by atoms with E-state index in [9.17, 15) is 19.2 Å². The molecule has 2 aliphatic heterocycles. The number of carbonyl (C=O) groups is 4. The number of likely N-dealkylation sites (tertiary alicyclic amines) is 2. The smallest absolute Gasteiger partial charge is 0.246 e. The van der Waals surface area contributed by atoms with Crippen molar-refractivity contribution in [2.45, 2.75) is 118 Å². The Kier molecular flexibility index (Phi) is 11.9. The van der Waals surface area contributed by atoms with Crippen molar-refractivity contribution in [1.29, 1.82) is 0 Å². The summed E-state index contributed by atoms with van der Waals surface area (Å²) < 4.78 is 0. The monoisotopic (exact) mass is 762 g/mol. The molecule has 2 aliphatic rings. The first kappa shape index (κ1) is 40.4. The normalized spacial score (nSPS) is 23.4. The molecule has 2 aromatic carbocycles. The van der Waals surface area contributed by atoms with E-state index in [1.165, 1.54) is 13.8 Å². The number of rotatable bonds is 11. The molecule has 2 fully saturated rings. The number of H-pyrrole nitrogens is 2. The van der Waals surface area contributed by atoms with E-state index in [0.29, 0.717) is 0 Å². The molecule has 298 valence electrons. The molecular weight excluding hydrogens is 705 g/mol. The minimum atomic E-state index is -0.593. The Morgan fingerprint density at radius 1 is 0.589 bits per heavy atom. The number of aromatic nitrogens is 4. The fourth-order valence-electron chi connectivity index (χ4n) is 8.41. The molecule has 4 amide bonds. The van der Waals surface area contributed by atoms with Gasteiger partial charge in [0, 0.05) is 25.9 Å². The lowest BCUT2D eigenvalue weighted by atomic mass is 10.0. The van der Waals surface area contributed by atoms with Crippen molar-refractivity contribution in [1.82, 2.24) is 40.4 Å². The molecule has 4 N–H and O–H groups in total. The Labute approximate surface area is 330 Å². The van der Waals surface area contributed by atoms with Gasteiger partial charge in [0.2, 0.25) is 23.6 Å². The van der Waals surface area contributed by atoms with Crippen LogP contribution in [0.1, 0.15) is 106 Å². The minimum absolute atomic E-state index is 0.0119. The maximum absolute atomic E-state index is 13.8. The third-order valence-electron chi connectivity index (χ3n) is 12.0. The third kappa shape index (κ3) is 8.15. The number of nitrogens with zero attached hydrogens (tertiary/aromatic N) is 4. The van der Waals surface area contributed by atoms with E-state index in [4.69, 9.17) is 9.97 Å². The highest BCUT2D eigenvalue weighted by atomic mass is 16.2. The summed E-state index contributed by atoms with van der Waals surface area (Å²) in [7, 11) is 0. The first-order valence-electron chi connectivity index (χ1n) is 20.0. The second-order valence-electron chi connectivity index (χ2n) is 16.8. The summed E-state index contributed by atoms with van der Waals surface area (Å²) in [4.78, 5) is 71.9. The van der Waals surface area contributed by atoms with E-state index in [0.717, 1.165) is 58.1 Å². The van der Waals surface area contributed by atoms with Gasteiger partial charge in [0.15, 0.2) is 0 Å². The molecule has 0 spiro atoms. The van der Waals surface area contributed by atoms with E-state index in [1.807, 2.05) is 49.9 Å². The molecule has 0 aliphatic carbocycles. The average Bonchev–Trinajstić information content (AvgIpc) is 3.96. The van der Waals surface area contributed by atoms with Crippen LogP contribution in [-0.2, 0) is 19.2 Å². The molecular formula is C44H58N8O4. The average molecular weight is 763 g/mol. The Morgan fingerprint density at radius 2 is 0.911 bits per heavy atom. The summed E-state index contributed by atoms with van der Waals surface area (Å²) in [5.74, 6) is 1.39. The number of amides is 4. The largest absolute Gasteiger partial charge is 0.344 e. The van der Waals surface area contributed by atoms with Gasteiger partial charge in [-0.3, -0.25) is 19.2 Å². The Hall–Kier alpha value is -5.26. The Balaban J connectivity index is 1.15. The first-order chi connectivity index (χ1) is 26.5. The second kappa shape index (κ2) is 16.5. The van der Waals surface area contributed by atoms with Crippen molar-refractivity contribution >= 4 is 23.6 Å². The Morgan fingerprint density at radius 3 is 1.21 bits per heavy atom. The number of benzene rings is 2. The number of carbonyl (C=O) groups excluding carboxylic acids is 4. The van der Waals surface area contributed by atoms with E-state index in [-0.39, 0.29) is 71.5 Å². The van der Waals surface area contributed by atoms with E-state index >= 15 is 0 Å². The van der Waals surface area contributed by atoms with Crippen LogP contribution in [0.15, 0.2) is 60.9 Å². The van der Waals surface area contributed by atoms with Gasteiger partial charge in [-0.05, 0) is 72.6 Å². The topological polar surface area (TPSA) is 156 Å². The lowest BCUT2D eigenvalue weighted by Crippen LogP contribution is -2.52. The fourth-order valence-corrected chi connectivity index (χ4v) is 8.41. The van der Waals surface area contributed by atoms with Gasteiger partial charge in [-0.25, -0.2) is 9.97 Å². The number of aromatic amines is 2. The first-order valence-corrected chi connectivity index (χ1v) is 20.0. The quantitative estimate of drug-likeness (QED) is 0.128. The molecule has 6 rings (SSSR count). The number of hydrogen-bond donors (Lipinski definition) is 4. The van der Waals surface area contributed by atoms with E-state index in [2.05, 4.69) is 96.8 Å². The fraction of sp³-hybridized carbons (Fsp3) is 0.500. The zero-order chi connectivity index (χ0) is 40.6. The van der Waals surface area contributed by atoms with Crippen molar-refractivity contribution in [2.24, 2.45) is 23.7 Å². The molecule has 4 heterocycles. The van der Waals surface area contributed by atoms with Gasteiger partial charge in [0.1, 0.15) is 23.7 Å². The van der Waals surface area contributed by atoms with E-state index < -0.39 is 12.1 Å². The molecule has 12 nitrogen and oxygen atoms in total. The molecule has 56 heavy (non-hydrogen) atoms. The van der Waals surface area contributed by atoms with Gasteiger partial charge in [-0.15, -0.1) is 0 Å². The summed E-state index contributed by atoms with van der Waals surface area (Å²) >= 11 is 0. The number of hydrogen-bond acceptors (Lipinski definition) is 6. The molecule has 0 bridgehead atoms. The second-order valence-corrected chi connectivity index (χ2v) is 16.8. The molecule has 8 atom stereocenters. The molecule has 12 heteroatoms. The summed E-state index contributed by atoms with van der Waals surface area (Å²) in [5.41, 5.74) is 5.87. The number of nitrogens with one attached hydrogen (secondary N) is 4. The standard InChI is InChI=1S/C44H58N8O4/c1-23(2)39(47-29(9)53)43(55)51-27(7)25(5)19-37(51)41-45-21-35(49-41)33-15-11-31(12-16-33)32-13-17-34(18-14-32)36-22-46-42(50-36)38-20-26(6)28(8)52(38)44(56)40(24(3)4)48-30(10)54/h11-18,21-28,37-40H,19-20H2,1-10H3,(H,45,49)(H,46,50)(H,47,53)(H,48,54)/t25-,26-,27-,28-,37+,38+,39+,40+/m1/s1. The molecule has 4 aromatic rings. The SMILES string of the molecule is CC(=O)N[C@H](C(=O)N1[C@H](C)[C@H](C)C[C@H]1c1ncc(-c2ccc(-c3ccc(-c4cnc([C@@H]5C[C@@H](C)[C@@H](C)N5C(=O)[C@@H](NC(C)=O)C(C)C)[nH]4)cc3)cc2)[nH]1)C(C)C. The highest BCUT2D eigenvalue weighted by Crippen LogP contribution is 2.41. The zero-order valence-corrected chi connectivity index (χ0v) is 34.4. The van der Waals surface area contributed by atoms with Crippen LogP contribution in [0.5, 0.6) is 0 Å². The van der Waals surface area contributed by atoms with Gasteiger partial charge >= 0.3 is 0 Å². The molecule has 2 aromatic heterocycles. The minimum Gasteiger partial charge on any atom is -0.344 e. The van der Waals surface area contributed by atoms with E-state index in [1.54, 1.807) is 0 Å². The van der Waals surface area contributed by atoms with Crippen LogP contribution < -0.4 is 10.6 Å². The van der Waals surface area contributed by atoms with Gasteiger partial charge in [0.05, 0.1) is 35.9 Å². The van der Waals surface area contributed by atoms with Gasteiger partial charge in [-0.1, -0.05) is 90.1 Å². The molecule has 0 unspecified atom stereocenters. The molecule has 0 radical (unpaired) electrons. The zero-order valence-electron chi connectivity index (χ0n) is 34.4. The van der Waals surface area contributed by atoms with Crippen molar-refractivity contribution in [3.05, 3.63) is 72.6 Å². The van der Waals surface area contributed by atoms with Crippen LogP contribution in [0.25, 0.3) is 33.6 Å². The summed E-state index contributed by atoms with van der Waals surface area (Å²) in [5, 5.41) is 5.73. The van der Waals surface area contributed by atoms with Gasteiger partial charge in [0.25, 0.3) is 0 Å². The predicted molar refractivity (Wildman–Crippen MR) is 218 cm³/mol. The highest BCUT2D eigenvalue weighted by molar-refractivity contribution is 5.88. The van der Waals surface area contributed by atoms with Crippen LogP contribution in [0.4, 0.5) is 0 Å². The van der Waals surface area contributed by atoms with Crippen molar-refractivity contribution in [3.63, 3.8) is 0 Å². The Bertz CT molecular complexity index is 1890. The molecule has 2 saturated heterocycles. The lowest BCUT2D eigenvalue weighted by molar-refractivity contribution is -0.140. The highest BCUT2D eigenvalue weighted by Gasteiger charge is 2.45. The van der Waals surface area contributed by atoms with Crippen LogP contribution in [-0.4, -0.2) is 77.5 Å². The van der Waals surface area contributed by atoms with Crippen molar-refractivity contribution in [3.8, 4) is 33.6 Å². The summed E-state index contributed by atoms with van der Waals surface area (Å²) in [6.45, 7) is 19.2. The maximum Gasteiger partial charge on any atom is 0.246 e. The molecule has 0 saturated carbocycles. The van der Waals surface area contributed by atoms with Crippen LogP contribution in [0.3, 0.4) is 0 Å². The lowest BCUT2D eigenvalue weighted by Gasteiger charge is -2.33. The third-order valence-corrected chi connectivity index (χ3v) is 12.0. The van der Waals surface area contributed by atoms with Crippen LogP contribution in [0.2, 0.25) is 0 Å². The predicted octanol–water partition coefficient (Wildman–Crippen LogP) is 7.05. The van der Waals surface area contributed by atoms with Crippen LogP contribution >= 0.6 is 0 Å². The number of imidazole rings is 2. The van der Waals surface area contributed by atoms with Gasteiger partial charge < -0.3 is 30.4 Å². The van der Waals surface area contributed by atoms with Crippen molar-refractivity contribution < 1.29 is 19.2 Å². The van der Waals surface area contributed by atoms with Gasteiger partial charge in [-0.2, -0.15) is 0 Å². The van der Waals surface area contributed by atoms with Crippen LogP contribution in [0, 0.1) is 23.7 Å². The maximum atomic E-state index is 13.8. The summed E-state index contributed by atoms with van der Waals surface area (Å²) in [6, 6.07) is 15.1.